The number of hydrogen-bond acceptors (Lipinski definition) is 6. The Bertz CT molecular complexity index is 528. The second-order valence-corrected chi connectivity index (χ2v) is 8.03. The number of anilines is 1. The second-order valence-electron chi connectivity index (χ2n) is 4.68. The summed E-state index contributed by atoms with van der Waals surface area (Å²) in [6.07, 6.45) is 2.30. The molecule has 1 aromatic rings. The molecule has 1 aromatic heterocycles. The Morgan fingerprint density at radius 3 is 2.79 bits per heavy atom. The van der Waals surface area contributed by atoms with Crippen molar-refractivity contribution in [2.24, 2.45) is 0 Å². The van der Waals surface area contributed by atoms with E-state index in [1.165, 1.54) is 6.26 Å². The van der Waals surface area contributed by atoms with Crippen LogP contribution in [0.3, 0.4) is 0 Å². The number of rotatable bonds is 3. The number of aliphatic hydroxyl groups excluding tert-OH is 1. The molecule has 0 aliphatic carbocycles. The molecule has 1 saturated heterocycles. The Morgan fingerprint density at radius 2 is 2.26 bits per heavy atom. The van der Waals surface area contributed by atoms with Gasteiger partial charge in [-0.25, -0.2) is 13.4 Å². The predicted molar refractivity (Wildman–Crippen MR) is 78.2 cm³/mol. The minimum atomic E-state index is -3.13. The second kappa shape index (κ2) is 5.68. The van der Waals surface area contributed by atoms with Crippen LogP contribution < -0.4 is 4.90 Å². The van der Waals surface area contributed by atoms with E-state index in [2.05, 4.69) is 4.98 Å². The zero-order chi connectivity index (χ0) is 14.0. The van der Waals surface area contributed by atoms with Gasteiger partial charge in [-0.05, 0) is 18.6 Å². The van der Waals surface area contributed by atoms with Crippen LogP contribution in [0.25, 0.3) is 0 Å². The van der Waals surface area contributed by atoms with E-state index >= 15 is 0 Å². The summed E-state index contributed by atoms with van der Waals surface area (Å²) >= 11 is 1.65. The van der Waals surface area contributed by atoms with E-state index in [-0.39, 0.29) is 0 Å². The number of hydrogen-bond donors (Lipinski definition) is 1. The van der Waals surface area contributed by atoms with Crippen LogP contribution >= 0.6 is 11.8 Å². The van der Waals surface area contributed by atoms with Gasteiger partial charge in [-0.2, -0.15) is 11.8 Å². The lowest BCUT2D eigenvalue weighted by Gasteiger charge is -2.35. The van der Waals surface area contributed by atoms with Crippen LogP contribution in [0.4, 0.5) is 5.82 Å². The van der Waals surface area contributed by atoms with Gasteiger partial charge in [-0.15, -0.1) is 0 Å². The first-order valence-electron chi connectivity index (χ1n) is 6.07. The molecular weight excluding hydrogens is 284 g/mol. The van der Waals surface area contributed by atoms with Crippen LogP contribution in [-0.4, -0.2) is 48.2 Å². The molecule has 1 N–H and O–H groups in total. The molecule has 0 saturated carbocycles. The molecule has 106 valence electrons. The van der Waals surface area contributed by atoms with Crippen molar-refractivity contribution in [3.63, 3.8) is 0 Å². The van der Waals surface area contributed by atoms with Crippen molar-refractivity contribution in [1.29, 1.82) is 0 Å². The van der Waals surface area contributed by atoms with Crippen molar-refractivity contribution in [2.75, 3.05) is 29.2 Å². The van der Waals surface area contributed by atoms with Gasteiger partial charge in [0.05, 0.1) is 6.10 Å². The number of sulfone groups is 1. The maximum Gasteiger partial charge on any atom is 0.169 e. The van der Waals surface area contributed by atoms with Crippen LogP contribution in [0, 0.1) is 0 Å². The first-order valence-corrected chi connectivity index (χ1v) is 9.18. The molecule has 0 bridgehead atoms. The molecular formula is C12H18N2O3S2. The lowest BCUT2D eigenvalue weighted by atomic mass is 10.2. The highest BCUT2D eigenvalue weighted by atomic mass is 32.2. The lowest BCUT2D eigenvalue weighted by Crippen LogP contribution is -2.47. The molecule has 7 heteroatoms. The zero-order valence-electron chi connectivity index (χ0n) is 11.0. The molecule has 19 heavy (non-hydrogen) atoms. The molecule has 1 unspecified atom stereocenters. The average molecular weight is 302 g/mol. The van der Waals surface area contributed by atoms with Gasteiger partial charge >= 0.3 is 0 Å². The first-order chi connectivity index (χ1) is 8.89. The van der Waals surface area contributed by atoms with Gasteiger partial charge in [0, 0.05) is 30.5 Å². The monoisotopic (exact) mass is 302 g/mol. The molecule has 0 spiro atoms. The van der Waals surface area contributed by atoms with E-state index < -0.39 is 21.3 Å². The summed E-state index contributed by atoms with van der Waals surface area (Å²) in [4.78, 5) is 6.11. The molecule has 1 fully saturated rings. The minimum absolute atomic E-state index is 0.517. The highest BCUT2D eigenvalue weighted by Crippen LogP contribution is 2.26. The van der Waals surface area contributed by atoms with Crippen molar-refractivity contribution >= 4 is 27.4 Å². The molecule has 0 aromatic carbocycles. The summed E-state index contributed by atoms with van der Waals surface area (Å²) in [5.74, 6) is 2.12. The minimum Gasteiger partial charge on any atom is -0.389 e. The van der Waals surface area contributed by atoms with E-state index in [1.54, 1.807) is 37.0 Å². The van der Waals surface area contributed by atoms with Gasteiger partial charge in [0.15, 0.2) is 9.84 Å². The Balaban J connectivity index is 2.27. The summed E-state index contributed by atoms with van der Waals surface area (Å²) in [6, 6.07) is 3.56. The molecule has 2 heterocycles. The van der Waals surface area contributed by atoms with Crippen LogP contribution in [-0.2, 0) is 9.84 Å². The number of thioether (sulfide) groups is 1. The topological polar surface area (TPSA) is 70.5 Å². The van der Waals surface area contributed by atoms with E-state index in [4.69, 9.17) is 0 Å². The Hall–Kier alpha value is -0.790. The SMILES string of the molecule is C[C@@H](O)c1ccc(N2CCSCC2S(C)(=O)=O)nc1. The fourth-order valence-corrected chi connectivity index (χ4v) is 4.84. The van der Waals surface area contributed by atoms with Gasteiger partial charge in [0.25, 0.3) is 0 Å². The van der Waals surface area contributed by atoms with Gasteiger partial charge in [-0.1, -0.05) is 6.07 Å². The fourth-order valence-electron chi connectivity index (χ4n) is 2.01. The molecule has 1 aliphatic heterocycles. The van der Waals surface area contributed by atoms with Crippen LogP contribution in [0.5, 0.6) is 0 Å². The number of aromatic nitrogens is 1. The third-order valence-corrected chi connectivity index (χ3v) is 5.77. The zero-order valence-corrected chi connectivity index (χ0v) is 12.6. The quantitative estimate of drug-likeness (QED) is 0.900. The third-order valence-electron chi connectivity index (χ3n) is 3.13. The van der Waals surface area contributed by atoms with Crippen molar-refractivity contribution < 1.29 is 13.5 Å². The molecule has 1 aliphatic rings. The third kappa shape index (κ3) is 3.40. The molecule has 5 nitrogen and oxygen atoms in total. The highest BCUT2D eigenvalue weighted by Gasteiger charge is 2.31. The van der Waals surface area contributed by atoms with E-state index in [0.29, 0.717) is 18.1 Å². The summed E-state index contributed by atoms with van der Waals surface area (Å²) < 4.78 is 23.6. The first kappa shape index (κ1) is 14.6. The van der Waals surface area contributed by atoms with E-state index in [9.17, 15) is 13.5 Å². The van der Waals surface area contributed by atoms with Crippen molar-refractivity contribution in [1.82, 2.24) is 4.98 Å². The smallest absolute Gasteiger partial charge is 0.169 e. The van der Waals surface area contributed by atoms with Crippen molar-refractivity contribution in [2.45, 2.75) is 18.4 Å². The van der Waals surface area contributed by atoms with E-state index in [1.807, 2.05) is 4.90 Å². The highest BCUT2D eigenvalue weighted by molar-refractivity contribution is 8.01. The molecule has 0 amide bonds. The maximum absolute atomic E-state index is 11.8. The summed E-state index contributed by atoms with van der Waals surface area (Å²) in [6.45, 7) is 2.34. The normalized spacial score (nSPS) is 22.3. The van der Waals surface area contributed by atoms with Gasteiger partial charge in [0.2, 0.25) is 0 Å². The lowest BCUT2D eigenvalue weighted by molar-refractivity contribution is 0.199. The molecule has 2 rings (SSSR count). The molecule has 2 atom stereocenters. The largest absolute Gasteiger partial charge is 0.389 e. The predicted octanol–water partition coefficient (Wildman–Crippen LogP) is 1.06. The number of nitrogens with zero attached hydrogens (tertiary/aromatic N) is 2. The van der Waals surface area contributed by atoms with Crippen molar-refractivity contribution in [3.05, 3.63) is 23.9 Å². The number of pyridine rings is 1. The Morgan fingerprint density at radius 1 is 1.53 bits per heavy atom. The van der Waals surface area contributed by atoms with Crippen LogP contribution in [0.2, 0.25) is 0 Å². The molecule has 0 radical (unpaired) electrons. The maximum atomic E-state index is 11.8. The van der Waals surface area contributed by atoms with Gasteiger partial charge < -0.3 is 10.0 Å². The Kier molecular flexibility index (Phi) is 4.37. The van der Waals surface area contributed by atoms with Crippen LogP contribution in [0.15, 0.2) is 18.3 Å². The number of aliphatic hydroxyl groups is 1. The van der Waals surface area contributed by atoms with Crippen molar-refractivity contribution in [3.8, 4) is 0 Å². The summed E-state index contributed by atoms with van der Waals surface area (Å²) in [5, 5.41) is 8.94. The fraction of sp³-hybridized carbons (Fsp3) is 0.583. The Labute approximate surface area is 118 Å². The summed E-state index contributed by atoms with van der Waals surface area (Å²) in [5.41, 5.74) is 0.728. The van der Waals surface area contributed by atoms with Gasteiger partial charge in [-0.3, -0.25) is 0 Å². The summed E-state index contributed by atoms with van der Waals surface area (Å²) in [7, 11) is -3.13. The average Bonchev–Trinajstić information content (AvgIpc) is 2.38. The van der Waals surface area contributed by atoms with Crippen LogP contribution in [0.1, 0.15) is 18.6 Å². The standard InChI is InChI=1S/C12H18N2O3S2/c1-9(15)10-3-4-11(13-7-10)14-5-6-18-8-12(14)19(2,16)17/h3-4,7,9,12,15H,5-6,8H2,1-2H3/t9-,12?/m1/s1. The van der Waals surface area contributed by atoms with E-state index in [0.717, 1.165) is 11.3 Å². The van der Waals surface area contributed by atoms with Gasteiger partial charge in [0.1, 0.15) is 11.2 Å².